The molecule has 0 aliphatic rings. The summed E-state index contributed by atoms with van der Waals surface area (Å²) in [7, 11) is 0. The topological polar surface area (TPSA) is 37.0 Å². The molecule has 3 nitrogen and oxygen atoms in total. The van der Waals surface area contributed by atoms with E-state index in [4.69, 9.17) is 12.2 Å². The van der Waals surface area contributed by atoms with Crippen LogP contribution in [0.4, 0.5) is 5.82 Å². The van der Waals surface area contributed by atoms with Gasteiger partial charge in [0.2, 0.25) is 0 Å². The van der Waals surface area contributed by atoms with Crippen molar-refractivity contribution in [2.24, 2.45) is 0 Å². The zero-order chi connectivity index (χ0) is 11.3. The molecule has 0 bridgehead atoms. The van der Waals surface area contributed by atoms with Gasteiger partial charge < -0.3 is 10.6 Å². The van der Waals surface area contributed by atoms with E-state index in [1.54, 1.807) is 0 Å². The van der Waals surface area contributed by atoms with Crippen LogP contribution in [0.5, 0.6) is 0 Å². The van der Waals surface area contributed by atoms with Crippen LogP contribution in [-0.4, -0.2) is 16.1 Å². The van der Waals surface area contributed by atoms with E-state index in [9.17, 15) is 0 Å². The molecule has 0 unspecified atom stereocenters. The average molecular weight is 223 g/mol. The Kier molecular flexibility index (Phi) is 4.49. The summed E-state index contributed by atoms with van der Waals surface area (Å²) in [6.45, 7) is 6.17. The third-order valence-corrected chi connectivity index (χ3v) is 2.34. The highest BCUT2D eigenvalue weighted by Gasteiger charge is 2.02. The van der Waals surface area contributed by atoms with Gasteiger partial charge in [-0.1, -0.05) is 13.0 Å². The Labute approximate surface area is 96.3 Å². The third kappa shape index (κ3) is 4.25. The lowest BCUT2D eigenvalue weighted by Gasteiger charge is -2.14. The molecular weight excluding hydrogens is 206 g/mol. The molecule has 0 saturated carbocycles. The number of aryl methyl sites for hydroxylation is 1. The fourth-order valence-electron chi connectivity index (χ4n) is 1.09. The number of pyridine rings is 1. The standard InChI is InChI=1S/C11H17N3S/c1-4-8(2)13-11(15)14-10-7-5-6-9(3)12-10/h5-8H,4H2,1-3H3,(H2,12,13,14,15)/t8-/m1/s1. The molecule has 4 heteroatoms. The van der Waals surface area contributed by atoms with Crippen LogP contribution in [-0.2, 0) is 0 Å². The van der Waals surface area contributed by atoms with Crippen molar-refractivity contribution in [3.63, 3.8) is 0 Å². The second kappa shape index (κ2) is 5.66. The van der Waals surface area contributed by atoms with Crippen molar-refractivity contribution in [3.8, 4) is 0 Å². The van der Waals surface area contributed by atoms with Crippen LogP contribution < -0.4 is 10.6 Å². The lowest BCUT2D eigenvalue weighted by molar-refractivity contribution is 0.646. The highest BCUT2D eigenvalue weighted by Crippen LogP contribution is 2.03. The first-order valence-corrected chi connectivity index (χ1v) is 5.53. The van der Waals surface area contributed by atoms with Gasteiger partial charge in [-0.25, -0.2) is 4.98 Å². The van der Waals surface area contributed by atoms with Crippen LogP contribution in [0.2, 0.25) is 0 Å². The maximum atomic E-state index is 5.16. The Morgan fingerprint density at radius 2 is 2.27 bits per heavy atom. The van der Waals surface area contributed by atoms with Gasteiger partial charge in [-0.05, 0) is 44.6 Å². The van der Waals surface area contributed by atoms with E-state index in [-0.39, 0.29) is 0 Å². The summed E-state index contributed by atoms with van der Waals surface area (Å²) in [4.78, 5) is 4.31. The Morgan fingerprint density at radius 1 is 1.53 bits per heavy atom. The minimum atomic E-state index is 0.384. The molecule has 0 aliphatic heterocycles. The van der Waals surface area contributed by atoms with E-state index in [2.05, 4.69) is 29.5 Å². The Morgan fingerprint density at radius 3 is 2.87 bits per heavy atom. The fourth-order valence-corrected chi connectivity index (χ4v) is 1.40. The zero-order valence-corrected chi connectivity index (χ0v) is 10.2. The number of anilines is 1. The second-order valence-electron chi connectivity index (χ2n) is 3.57. The number of rotatable bonds is 3. The zero-order valence-electron chi connectivity index (χ0n) is 9.37. The van der Waals surface area contributed by atoms with E-state index in [0.29, 0.717) is 11.2 Å². The quantitative estimate of drug-likeness (QED) is 0.772. The van der Waals surface area contributed by atoms with Crippen molar-refractivity contribution >= 4 is 23.1 Å². The molecule has 1 aromatic rings. The van der Waals surface area contributed by atoms with E-state index < -0.39 is 0 Å². The monoisotopic (exact) mass is 223 g/mol. The Bertz CT molecular complexity index is 338. The first-order valence-electron chi connectivity index (χ1n) is 5.13. The summed E-state index contributed by atoms with van der Waals surface area (Å²) >= 11 is 5.16. The smallest absolute Gasteiger partial charge is 0.172 e. The van der Waals surface area contributed by atoms with Crippen LogP contribution >= 0.6 is 12.2 Å². The van der Waals surface area contributed by atoms with Crippen molar-refractivity contribution in [3.05, 3.63) is 23.9 Å². The van der Waals surface area contributed by atoms with Crippen molar-refractivity contribution in [1.29, 1.82) is 0 Å². The molecule has 0 radical (unpaired) electrons. The van der Waals surface area contributed by atoms with E-state index in [0.717, 1.165) is 17.9 Å². The van der Waals surface area contributed by atoms with Gasteiger partial charge in [0.05, 0.1) is 0 Å². The molecule has 1 aromatic heterocycles. The lowest BCUT2D eigenvalue weighted by Crippen LogP contribution is -2.35. The fraction of sp³-hybridized carbons (Fsp3) is 0.455. The molecule has 82 valence electrons. The van der Waals surface area contributed by atoms with Gasteiger partial charge >= 0.3 is 0 Å². The molecule has 1 atom stereocenters. The van der Waals surface area contributed by atoms with Crippen LogP contribution in [0.25, 0.3) is 0 Å². The largest absolute Gasteiger partial charge is 0.360 e. The average Bonchev–Trinajstić information content (AvgIpc) is 2.17. The molecule has 0 amide bonds. The molecule has 0 aliphatic carbocycles. The molecule has 0 saturated heterocycles. The predicted molar refractivity (Wildman–Crippen MR) is 68.1 cm³/mol. The summed E-state index contributed by atoms with van der Waals surface area (Å²) in [5.74, 6) is 0.788. The first kappa shape index (κ1) is 11.9. The van der Waals surface area contributed by atoms with Crippen LogP contribution in [0.1, 0.15) is 26.0 Å². The molecule has 0 spiro atoms. The normalized spacial score (nSPS) is 11.9. The van der Waals surface area contributed by atoms with Gasteiger partial charge in [-0.3, -0.25) is 0 Å². The molecule has 0 aromatic carbocycles. The maximum absolute atomic E-state index is 5.16. The van der Waals surface area contributed by atoms with Gasteiger partial charge in [0.1, 0.15) is 5.82 Å². The number of thiocarbonyl (C=S) groups is 1. The van der Waals surface area contributed by atoms with Gasteiger partial charge in [-0.2, -0.15) is 0 Å². The molecular formula is C11H17N3S. The van der Waals surface area contributed by atoms with Crippen molar-refractivity contribution in [2.45, 2.75) is 33.2 Å². The van der Waals surface area contributed by atoms with Crippen molar-refractivity contribution in [1.82, 2.24) is 10.3 Å². The number of aromatic nitrogens is 1. The predicted octanol–water partition coefficient (Wildman–Crippen LogP) is 2.47. The van der Waals surface area contributed by atoms with E-state index in [1.807, 2.05) is 25.1 Å². The van der Waals surface area contributed by atoms with Crippen LogP contribution in [0.3, 0.4) is 0 Å². The summed E-state index contributed by atoms with van der Waals surface area (Å²) < 4.78 is 0. The van der Waals surface area contributed by atoms with Gasteiger partial charge in [0.25, 0.3) is 0 Å². The van der Waals surface area contributed by atoms with Gasteiger partial charge in [0.15, 0.2) is 5.11 Å². The molecule has 1 heterocycles. The summed E-state index contributed by atoms with van der Waals surface area (Å²) in [6, 6.07) is 6.19. The number of nitrogens with one attached hydrogen (secondary N) is 2. The van der Waals surface area contributed by atoms with Crippen LogP contribution in [0.15, 0.2) is 18.2 Å². The SMILES string of the molecule is CC[C@@H](C)NC(=S)Nc1cccc(C)n1. The Balaban J connectivity index is 2.51. The second-order valence-corrected chi connectivity index (χ2v) is 3.98. The van der Waals surface area contributed by atoms with Gasteiger partial charge in [-0.15, -0.1) is 0 Å². The van der Waals surface area contributed by atoms with E-state index in [1.165, 1.54) is 0 Å². The molecule has 0 fully saturated rings. The maximum Gasteiger partial charge on any atom is 0.172 e. The van der Waals surface area contributed by atoms with Crippen molar-refractivity contribution < 1.29 is 0 Å². The molecule has 2 N–H and O–H groups in total. The number of nitrogens with zero attached hydrogens (tertiary/aromatic N) is 1. The van der Waals surface area contributed by atoms with Gasteiger partial charge in [0, 0.05) is 11.7 Å². The first-order chi connectivity index (χ1) is 7.11. The minimum Gasteiger partial charge on any atom is -0.360 e. The molecule has 1 rings (SSSR count). The lowest BCUT2D eigenvalue weighted by atomic mass is 10.3. The highest BCUT2D eigenvalue weighted by molar-refractivity contribution is 7.80. The third-order valence-electron chi connectivity index (χ3n) is 2.12. The van der Waals surface area contributed by atoms with Crippen LogP contribution in [0, 0.1) is 6.92 Å². The highest BCUT2D eigenvalue weighted by atomic mass is 32.1. The molecule has 15 heavy (non-hydrogen) atoms. The van der Waals surface area contributed by atoms with Crippen molar-refractivity contribution in [2.75, 3.05) is 5.32 Å². The number of hydrogen-bond donors (Lipinski definition) is 2. The summed E-state index contributed by atoms with van der Waals surface area (Å²) in [6.07, 6.45) is 1.04. The van der Waals surface area contributed by atoms with E-state index >= 15 is 0 Å². The minimum absolute atomic E-state index is 0.384. The Hall–Kier alpha value is -1.16. The summed E-state index contributed by atoms with van der Waals surface area (Å²) in [5.41, 5.74) is 0.978. The number of hydrogen-bond acceptors (Lipinski definition) is 2. The summed E-state index contributed by atoms with van der Waals surface area (Å²) in [5, 5.41) is 6.86.